The molecule has 3 nitrogen and oxygen atoms in total. The Kier molecular flexibility index (Phi) is 4.94. The fourth-order valence-corrected chi connectivity index (χ4v) is 3.71. The Balaban J connectivity index is 1.88. The van der Waals surface area contributed by atoms with Gasteiger partial charge in [0, 0.05) is 11.6 Å². The zero-order valence-corrected chi connectivity index (χ0v) is 13.7. The predicted octanol–water partition coefficient (Wildman–Crippen LogP) is 4.32. The Morgan fingerprint density at radius 3 is 2.73 bits per heavy atom. The molecule has 1 heterocycles. The summed E-state index contributed by atoms with van der Waals surface area (Å²) in [6.45, 7) is 6.97. The number of fused-ring (bicyclic) bond motifs is 1. The number of benzene rings is 1. The highest BCUT2D eigenvalue weighted by atomic mass is 16.3. The van der Waals surface area contributed by atoms with Crippen molar-refractivity contribution >= 4 is 0 Å². The lowest BCUT2D eigenvalue weighted by atomic mass is 9.84. The predicted molar refractivity (Wildman–Crippen MR) is 89.9 cm³/mol. The van der Waals surface area contributed by atoms with Gasteiger partial charge in [-0.1, -0.05) is 32.0 Å². The van der Waals surface area contributed by atoms with Gasteiger partial charge in [0.05, 0.1) is 6.20 Å². The Morgan fingerprint density at radius 2 is 2.05 bits per heavy atom. The first-order chi connectivity index (χ1) is 10.8. The molecule has 0 N–H and O–H groups in total. The van der Waals surface area contributed by atoms with Gasteiger partial charge in [-0.15, -0.1) is 0 Å². The van der Waals surface area contributed by atoms with Crippen molar-refractivity contribution in [3.8, 4) is 11.3 Å². The van der Waals surface area contributed by atoms with E-state index in [9.17, 15) is 0 Å². The molecule has 0 saturated heterocycles. The lowest BCUT2D eigenvalue weighted by Crippen LogP contribution is -2.40. The second-order valence-corrected chi connectivity index (χ2v) is 6.24. The van der Waals surface area contributed by atoms with Crippen molar-refractivity contribution in [2.45, 2.75) is 52.0 Å². The summed E-state index contributed by atoms with van der Waals surface area (Å²) in [6, 6.07) is 7.25. The summed E-state index contributed by atoms with van der Waals surface area (Å²) >= 11 is 0. The Hall–Kier alpha value is -1.61. The Bertz CT molecular complexity index is 585. The minimum Gasteiger partial charge on any atom is -0.444 e. The molecule has 0 radical (unpaired) electrons. The fraction of sp³-hybridized carbons (Fsp3) is 0.526. The minimum absolute atomic E-state index is 0.663. The van der Waals surface area contributed by atoms with E-state index in [1.54, 1.807) is 0 Å². The maximum Gasteiger partial charge on any atom is 0.181 e. The highest BCUT2D eigenvalue weighted by Gasteiger charge is 2.25. The number of rotatable bonds is 6. The number of hydrogen-bond acceptors (Lipinski definition) is 3. The van der Waals surface area contributed by atoms with Crippen molar-refractivity contribution in [3.05, 3.63) is 41.9 Å². The Morgan fingerprint density at radius 1 is 1.23 bits per heavy atom. The van der Waals surface area contributed by atoms with E-state index in [-0.39, 0.29) is 0 Å². The number of aryl methyl sites for hydroxylation is 1. The van der Waals surface area contributed by atoms with Gasteiger partial charge in [-0.25, -0.2) is 4.98 Å². The van der Waals surface area contributed by atoms with Crippen molar-refractivity contribution in [1.82, 2.24) is 9.88 Å². The molecule has 3 rings (SSSR count). The minimum atomic E-state index is 0.663. The average molecular weight is 298 g/mol. The van der Waals surface area contributed by atoms with Gasteiger partial charge in [0.15, 0.2) is 12.2 Å². The van der Waals surface area contributed by atoms with E-state index in [0.717, 1.165) is 12.2 Å². The van der Waals surface area contributed by atoms with Crippen LogP contribution in [0.3, 0.4) is 0 Å². The van der Waals surface area contributed by atoms with E-state index in [0.29, 0.717) is 6.04 Å². The molecule has 0 aliphatic heterocycles. The summed E-state index contributed by atoms with van der Waals surface area (Å²) < 4.78 is 5.55. The van der Waals surface area contributed by atoms with Crippen molar-refractivity contribution in [3.63, 3.8) is 0 Å². The second kappa shape index (κ2) is 7.10. The van der Waals surface area contributed by atoms with Gasteiger partial charge >= 0.3 is 0 Å². The van der Waals surface area contributed by atoms with Crippen LogP contribution in [0.4, 0.5) is 0 Å². The van der Waals surface area contributed by atoms with Gasteiger partial charge in [-0.3, -0.25) is 0 Å². The molecule has 1 aliphatic carbocycles. The molecule has 0 amide bonds. The number of aromatic nitrogens is 1. The van der Waals surface area contributed by atoms with Crippen molar-refractivity contribution in [1.29, 1.82) is 0 Å². The van der Waals surface area contributed by atoms with Gasteiger partial charge in [0.2, 0.25) is 0 Å². The molecule has 0 spiro atoms. The topological polar surface area (TPSA) is 29.3 Å². The molecule has 0 saturated carbocycles. The molecule has 0 bridgehead atoms. The van der Waals surface area contributed by atoms with Gasteiger partial charge in [-0.05, 0) is 56.3 Å². The molecule has 2 aromatic rings. The van der Waals surface area contributed by atoms with Crippen LogP contribution in [0.15, 0.2) is 35.2 Å². The highest BCUT2D eigenvalue weighted by Crippen LogP contribution is 2.33. The van der Waals surface area contributed by atoms with Gasteiger partial charge in [0.25, 0.3) is 0 Å². The third-order valence-corrected chi connectivity index (χ3v) is 4.70. The van der Waals surface area contributed by atoms with Crippen LogP contribution < -0.4 is 0 Å². The van der Waals surface area contributed by atoms with Crippen LogP contribution in [0.5, 0.6) is 0 Å². The van der Waals surface area contributed by atoms with Crippen LogP contribution in [0, 0.1) is 0 Å². The van der Waals surface area contributed by atoms with E-state index >= 15 is 0 Å². The van der Waals surface area contributed by atoms with E-state index < -0.39 is 0 Å². The highest BCUT2D eigenvalue weighted by molar-refractivity contribution is 5.64. The van der Waals surface area contributed by atoms with Crippen molar-refractivity contribution in [2.24, 2.45) is 0 Å². The molecule has 1 aromatic heterocycles. The number of hydrogen-bond donors (Lipinski definition) is 0. The Labute approximate surface area is 133 Å². The summed E-state index contributed by atoms with van der Waals surface area (Å²) in [4.78, 5) is 6.76. The first-order valence-electron chi connectivity index (χ1n) is 8.57. The molecule has 1 aromatic carbocycles. The molecule has 1 aliphatic rings. The molecule has 0 fully saturated rings. The summed E-state index contributed by atoms with van der Waals surface area (Å²) in [5.74, 6) is 0.898. The van der Waals surface area contributed by atoms with E-state index in [4.69, 9.17) is 4.42 Å². The smallest absolute Gasteiger partial charge is 0.181 e. The normalized spacial score (nSPS) is 17.7. The quantitative estimate of drug-likeness (QED) is 0.795. The molecule has 1 unspecified atom stereocenters. The zero-order chi connectivity index (χ0) is 15.4. The van der Waals surface area contributed by atoms with Gasteiger partial charge < -0.3 is 9.32 Å². The third kappa shape index (κ3) is 3.09. The molecular weight excluding hydrogens is 272 g/mol. The van der Waals surface area contributed by atoms with Crippen LogP contribution in [0.25, 0.3) is 11.3 Å². The molecule has 22 heavy (non-hydrogen) atoms. The second-order valence-electron chi connectivity index (χ2n) is 6.24. The zero-order valence-electron chi connectivity index (χ0n) is 13.7. The van der Waals surface area contributed by atoms with Crippen molar-refractivity contribution < 1.29 is 4.42 Å². The van der Waals surface area contributed by atoms with E-state index in [1.807, 2.05) is 6.20 Å². The third-order valence-electron chi connectivity index (χ3n) is 4.70. The summed E-state index contributed by atoms with van der Waals surface area (Å²) in [7, 11) is 0. The molecular formula is C19H26N2O. The SMILES string of the molecule is CCCN(CCC)C1CCc2cccc(-c3cnco3)c2C1. The van der Waals surface area contributed by atoms with Crippen LogP contribution in [-0.4, -0.2) is 29.0 Å². The lowest BCUT2D eigenvalue weighted by molar-refractivity contribution is 0.180. The number of oxazole rings is 1. The standard InChI is InChI=1S/C19H26N2O/c1-3-10-21(11-4-2)16-9-8-15-6-5-7-17(18(15)12-16)19-13-20-14-22-19/h5-7,13-14,16H,3-4,8-12H2,1-2H3. The monoisotopic (exact) mass is 298 g/mol. The summed E-state index contributed by atoms with van der Waals surface area (Å²) in [5, 5.41) is 0. The van der Waals surface area contributed by atoms with E-state index in [1.165, 1.54) is 61.9 Å². The lowest BCUT2D eigenvalue weighted by Gasteiger charge is -2.35. The van der Waals surface area contributed by atoms with Gasteiger partial charge in [-0.2, -0.15) is 0 Å². The maximum absolute atomic E-state index is 5.55. The molecule has 1 atom stereocenters. The average Bonchev–Trinajstić information content (AvgIpc) is 3.08. The fourth-order valence-electron chi connectivity index (χ4n) is 3.71. The van der Waals surface area contributed by atoms with Crippen molar-refractivity contribution in [2.75, 3.05) is 13.1 Å². The number of nitrogens with zero attached hydrogens (tertiary/aromatic N) is 2. The summed E-state index contributed by atoms with van der Waals surface area (Å²) in [6.07, 6.45) is 9.38. The molecule has 118 valence electrons. The largest absolute Gasteiger partial charge is 0.444 e. The van der Waals surface area contributed by atoms with Crippen LogP contribution in [-0.2, 0) is 12.8 Å². The molecule has 3 heteroatoms. The van der Waals surface area contributed by atoms with E-state index in [2.05, 4.69) is 41.9 Å². The van der Waals surface area contributed by atoms with Crippen LogP contribution in [0.1, 0.15) is 44.2 Å². The first-order valence-corrected chi connectivity index (χ1v) is 8.57. The van der Waals surface area contributed by atoms with Crippen LogP contribution in [0.2, 0.25) is 0 Å². The van der Waals surface area contributed by atoms with Crippen LogP contribution >= 0.6 is 0 Å². The maximum atomic E-state index is 5.55. The van der Waals surface area contributed by atoms with Gasteiger partial charge in [0.1, 0.15) is 0 Å². The first kappa shape index (κ1) is 15.3. The summed E-state index contributed by atoms with van der Waals surface area (Å²) in [5.41, 5.74) is 4.18.